The summed E-state index contributed by atoms with van der Waals surface area (Å²) in [5, 5.41) is 3.07. The molecule has 1 fully saturated rings. The van der Waals surface area contributed by atoms with Crippen LogP contribution in [0.4, 0.5) is 0 Å². The van der Waals surface area contributed by atoms with Crippen molar-refractivity contribution in [2.24, 2.45) is 11.7 Å². The normalized spacial score (nSPS) is 19.2. The molecule has 0 aromatic carbocycles. The van der Waals surface area contributed by atoms with Gasteiger partial charge in [0, 0.05) is 22.2 Å². The quantitative estimate of drug-likeness (QED) is 0.846. The molecule has 4 heteroatoms. The zero-order chi connectivity index (χ0) is 15.2. The lowest BCUT2D eigenvalue weighted by atomic mass is 9.85. The standard InChI is InChI=1S/C17H28N2OS/c1-12(10-15-9-8-13(2)21-15)19-17(20)16(18)11-14-6-4-3-5-7-14/h8-9,12,14,16H,3-7,10-11,18H2,1-2H3,(H,19,20). The molecule has 1 aliphatic carbocycles. The van der Waals surface area contributed by atoms with Crippen LogP contribution in [0.25, 0.3) is 0 Å². The van der Waals surface area contributed by atoms with E-state index in [4.69, 9.17) is 5.73 Å². The molecule has 3 N–H and O–H groups in total. The van der Waals surface area contributed by atoms with E-state index >= 15 is 0 Å². The first-order valence-electron chi connectivity index (χ1n) is 8.16. The molecular weight excluding hydrogens is 280 g/mol. The molecule has 1 heterocycles. The molecule has 1 aromatic heterocycles. The van der Waals surface area contributed by atoms with Gasteiger partial charge in [-0.3, -0.25) is 4.79 Å². The maximum Gasteiger partial charge on any atom is 0.237 e. The number of thiophene rings is 1. The molecule has 0 radical (unpaired) electrons. The molecule has 0 aliphatic heterocycles. The van der Waals surface area contributed by atoms with Crippen LogP contribution < -0.4 is 11.1 Å². The number of carbonyl (C=O) groups is 1. The van der Waals surface area contributed by atoms with E-state index in [9.17, 15) is 4.79 Å². The Balaban J connectivity index is 1.74. The first-order chi connectivity index (χ1) is 10.0. The lowest BCUT2D eigenvalue weighted by Crippen LogP contribution is -2.46. The van der Waals surface area contributed by atoms with Crippen molar-refractivity contribution in [3.63, 3.8) is 0 Å². The Labute approximate surface area is 132 Å². The number of carbonyl (C=O) groups excluding carboxylic acids is 1. The zero-order valence-electron chi connectivity index (χ0n) is 13.2. The summed E-state index contributed by atoms with van der Waals surface area (Å²) in [4.78, 5) is 14.8. The highest BCUT2D eigenvalue weighted by molar-refractivity contribution is 7.11. The monoisotopic (exact) mass is 308 g/mol. The van der Waals surface area contributed by atoms with Crippen molar-refractivity contribution >= 4 is 17.2 Å². The second-order valence-corrected chi connectivity index (χ2v) is 7.84. The van der Waals surface area contributed by atoms with Crippen molar-refractivity contribution in [1.29, 1.82) is 0 Å². The number of amides is 1. The van der Waals surface area contributed by atoms with Crippen LogP contribution in [0.3, 0.4) is 0 Å². The second kappa shape index (κ2) is 7.95. The Kier molecular flexibility index (Phi) is 6.24. The summed E-state index contributed by atoms with van der Waals surface area (Å²) >= 11 is 1.80. The molecule has 118 valence electrons. The van der Waals surface area contributed by atoms with Crippen molar-refractivity contribution in [2.75, 3.05) is 0 Å². The predicted octanol–water partition coefficient (Wildman–Crippen LogP) is 3.40. The smallest absolute Gasteiger partial charge is 0.237 e. The molecule has 21 heavy (non-hydrogen) atoms. The van der Waals surface area contributed by atoms with Crippen LogP contribution >= 0.6 is 11.3 Å². The van der Waals surface area contributed by atoms with Gasteiger partial charge in [-0.1, -0.05) is 32.1 Å². The topological polar surface area (TPSA) is 55.1 Å². The molecule has 1 aliphatic rings. The van der Waals surface area contributed by atoms with E-state index in [1.165, 1.54) is 41.9 Å². The van der Waals surface area contributed by atoms with Gasteiger partial charge in [0.1, 0.15) is 0 Å². The van der Waals surface area contributed by atoms with Gasteiger partial charge in [-0.2, -0.15) is 0 Å². The number of hydrogen-bond acceptors (Lipinski definition) is 3. The van der Waals surface area contributed by atoms with Crippen molar-refractivity contribution in [3.8, 4) is 0 Å². The van der Waals surface area contributed by atoms with Crippen molar-refractivity contribution in [3.05, 3.63) is 21.9 Å². The van der Waals surface area contributed by atoms with Crippen LogP contribution in [-0.2, 0) is 11.2 Å². The maximum atomic E-state index is 12.2. The molecule has 1 saturated carbocycles. The van der Waals surface area contributed by atoms with Gasteiger partial charge in [0.25, 0.3) is 0 Å². The Hall–Kier alpha value is -0.870. The molecule has 0 saturated heterocycles. The summed E-state index contributed by atoms with van der Waals surface area (Å²) in [6.07, 6.45) is 8.16. The van der Waals surface area contributed by atoms with Gasteiger partial charge in [0.15, 0.2) is 0 Å². The lowest BCUT2D eigenvalue weighted by molar-refractivity contribution is -0.123. The van der Waals surface area contributed by atoms with Crippen molar-refractivity contribution < 1.29 is 4.79 Å². The molecule has 1 amide bonds. The van der Waals surface area contributed by atoms with Gasteiger partial charge in [-0.25, -0.2) is 0 Å². The minimum atomic E-state index is -0.347. The summed E-state index contributed by atoms with van der Waals surface area (Å²) in [5.74, 6) is 0.663. The average molecular weight is 308 g/mol. The Bertz CT molecular complexity index is 451. The fourth-order valence-electron chi connectivity index (χ4n) is 3.19. The molecule has 2 unspecified atom stereocenters. The molecule has 1 aromatic rings. The van der Waals surface area contributed by atoms with E-state index in [1.807, 2.05) is 0 Å². The summed E-state index contributed by atoms with van der Waals surface area (Å²) in [7, 11) is 0. The third-order valence-corrected chi connectivity index (χ3v) is 5.36. The number of rotatable bonds is 6. The van der Waals surface area contributed by atoms with Gasteiger partial charge >= 0.3 is 0 Å². The SMILES string of the molecule is Cc1ccc(CC(C)NC(=O)C(N)CC2CCCCC2)s1. The minimum absolute atomic E-state index is 0.0151. The molecule has 2 rings (SSSR count). The number of nitrogens with two attached hydrogens (primary N) is 1. The summed E-state index contributed by atoms with van der Waals surface area (Å²) in [6, 6.07) is 4.07. The number of hydrogen-bond donors (Lipinski definition) is 2. The number of nitrogens with one attached hydrogen (secondary N) is 1. The first kappa shape index (κ1) is 16.5. The Morgan fingerprint density at radius 3 is 2.71 bits per heavy atom. The summed E-state index contributed by atoms with van der Waals surface area (Å²) in [6.45, 7) is 4.16. The van der Waals surface area contributed by atoms with Gasteiger partial charge in [-0.05, 0) is 38.3 Å². The molecule has 0 spiro atoms. The van der Waals surface area contributed by atoms with Gasteiger partial charge in [0.2, 0.25) is 5.91 Å². The fraction of sp³-hybridized carbons (Fsp3) is 0.706. The third-order valence-electron chi connectivity index (χ3n) is 4.34. The number of aryl methyl sites for hydroxylation is 1. The predicted molar refractivity (Wildman–Crippen MR) is 89.5 cm³/mol. The Morgan fingerprint density at radius 1 is 1.38 bits per heavy atom. The second-order valence-electron chi connectivity index (χ2n) is 6.47. The van der Waals surface area contributed by atoms with Crippen LogP contribution in [-0.4, -0.2) is 18.0 Å². The highest BCUT2D eigenvalue weighted by Gasteiger charge is 2.22. The highest BCUT2D eigenvalue weighted by Crippen LogP contribution is 2.27. The van der Waals surface area contributed by atoms with Crippen LogP contribution in [0.1, 0.15) is 55.2 Å². The van der Waals surface area contributed by atoms with Gasteiger partial charge < -0.3 is 11.1 Å². The lowest BCUT2D eigenvalue weighted by Gasteiger charge is -2.25. The molecular formula is C17H28N2OS. The average Bonchev–Trinajstić information content (AvgIpc) is 2.84. The largest absolute Gasteiger partial charge is 0.352 e. The van der Waals surface area contributed by atoms with Crippen LogP contribution in [0.2, 0.25) is 0 Å². The zero-order valence-corrected chi connectivity index (χ0v) is 14.0. The van der Waals surface area contributed by atoms with E-state index in [2.05, 4.69) is 31.3 Å². The van der Waals surface area contributed by atoms with Crippen LogP contribution in [0, 0.1) is 12.8 Å². The van der Waals surface area contributed by atoms with Crippen molar-refractivity contribution in [2.45, 2.75) is 70.9 Å². The first-order valence-corrected chi connectivity index (χ1v) is 8.97. The van der Waals surface area contributed by atoms with Gasteiger partial charge in [-0.15, -0.1) is 11.3 Å². The van der Waals surface area contributed by atoms with E-state index in [0.717, 1.165) is 12.8 Å². The van der Waals surface area contributed by atoms with Crippen LogP contribution in [0.5, 0.6) is 0 Å². The Morgan fingerprint density at radius 2 is 2.10 bits per heavy atom. The van der Waals surface area contributed by atoms with Gasteiger partial charge in [0.05, 0.1) is 6.04 Å². The van der Waals surface area contributed by atoms with E-state index in [0.29, 0.717) is 5.92 Å². The summed E-state index contributed by atoms with van der Waals surface area (Å²) in [5.41, 5.74) is 6.08. The molecule has 3 nitrogen and oxygen atoms in total. The van der Waals surface area contributed by atoms with E-state index in [-0.39, 0.29) is 18.0 Å². The minimum Gasteiger partial charge on any atom is -0.352 e. The van der Waals surface area contributed by atoms with Crippen molar-refractivity contribution in [1.82, 2.24) is 5.32 Å². The highest BCUT2D eigenvalue weighted by atomic mass is 32.1. The molecule has 2 atom stereocenters. The third kappa shape index (κ3) is 5.44. The fourth-order valence-corrected chi connectivity index (χ4v) is 4.21. The van der Waals surface area contributed by atoms with E-state index in [1.54, 1.807) is 11.3 Å². The van der Waals surface area contributed by atoms with Crippen LogP contribution in [0.15, 0.2) is 12.1 Å². The van der Waals surface area contributed by atoms with E-state index < -0.39 is 0 Å². The molecule has 0 bridgehead atoms. The summed E-state index contributed by atoms with van der Waals surface area (Å²) < 4.78 is 0. The maximum absolute atomic E-state index is 12.2.